The second kappa shape index (κ2) is 4.61. The van der Waals surface area contributed by atoms with Gasteiger partial charge in [0.05, 0.1) is 12.8 Å². The highest BCUT2D eigenvalue weighted by molar-refractivity contribution is 6.21. The van der Waals surface area contributed by atoms with Gasteiger partial charge < -0.3 is 9.84 Å². The van der Waals surface area contributed by atoms with E-state index in [1.165, 1.54) is 7.11 Å². The fraction of sp³-hybridized carbons (Fsp3) is 0.0625. The number of nitrogens with zero attached hydrogens (tertiary/aromatic N) is 1. The summed E-state index contributed by atoms with van der Waals surface area (Å²) in [5.74, 6) is 0.614. The lowest BCUT2D eigenvalue weighted by molar-refractivity contribution is 0.373. The van der Waals surface area contributed by atoms with Crippen molar-refractivity contribution in [2.24, 2.45) is 4.99 Å². The van der Waals surface area contributed by atoms with E-state index < -0.39 is 0 Å². The molecule has 0 amide bonds. The number of methoxy groups -OCH3 is 1. The van der Waals surface area contributed by atoms with Crippen molar-refractivity contribution in [1.82, 2.24) is 0 Å². The van der Waals surface area contributed by atoms with Crippen molar-refractivity contribution in [3.63, 3.8) is 0 Å². The van der Waals surface area contributed by atoms with Gasteiger partial charge in [-0.2, -0.15) is 0 Å². The second-order valence-corrected chi connectivity index (χ2v) is 4.31. The molecule has 0 saturated carbocycles. The molecule has 3 rings (SSSR count). The highest BCUT2D eigenvalue weighted by atomic mass is 16.5. The first-order chi connectivity index (χ1) is 9.28. The molecule has 19 heavy (non-hydrogen) atoms. The van der Waals surface area contributed by atoms with Crippen LogP contribution < -0.4 is 4.74 Å². The summed E-state index contributed by atoms with van der Waals surface area (Å²) in [4.78, 5) is 4.36. The van der Waals surface area contributed by atoms with Crippen LogP contribution in [0.15, 0.2) is 47.5 Å². The molecule has 1 heterocycles. The van der Waals surface area contributed by atoms with Gasteiger partial charge in [-0.05, 0) is 29.8 Å². The number of hydrogen-bond donors (Lipinski definition) is 1. The van der Waals surface area contributed by atoms with Crippen molar-refractivity contribution >= 4 is 23.6 Å². The summed E-state index contributed by atoms with van der Waals surface area (Å²) in [6, 6.07) is 13.3. The minimum Gasteiger partial charge on any atom is -0.504 e. The van der Waals surface area contributed by atoms with Crippen molar-refractivity contribution in [3.05, 3.63) is 53.6 Å². The molecule has 0 aromatic heterocycles. The number of phenolic OH excluding ortho intramolecular Hbond substituents is 1. The summed E-state index contributed by atoms with van der Waals surface area (Å²) in [6.45, 7) is 0. The summed E-state index contributed by atoms with van der Waals surface area (Å²) in [6.07, 6.45) is 3.88. The first kappa shape index (κ1) is 11.5. The van der Waals surface area contributed by atoms with Gasteiger partial charge in [0.15, 0.2) is 11.5 Å². The zero-order valence-corrected chi connectivity index (χ0v) is 10.5. The largest absolute Gasteiger partial charge is 0.504 e. The first-order valence-corrected chi connectivity index (χ1v) is 6.00. The van der Waals surface area contributed by atoms with Crippen LogP contribution in [0.25, 0.3) is 11.6 Å². The second-order valence-electron chi connectivity index (χ2n) is 4.31. The summed E-state index contributed by atoms with van der Waals surface area (Å²) in [5, 5.41) is 9.58. The zero-order chi connectivity index (χ0) is 13.2. The van der Waals surface area contributed by atoms with Crippen LogP contribution in [0.1, 0.15) is 11.1 Å². The molecular formula is C16H13NO2. The number of benzene rings is 2. The molecule has 0 spiro atoms. The molecule has 3 heteroatoms. The standard InChI is InChI=1S/C16H13NO2/c1-19-16-9-11(6-7-15(16)18)8-12-10-17-14-5-3-2-4-13(12)14/h2-10,18H,1H3/b12-8-. The molecule has 0 atom stereocenters. The van der Waals surface area contributed by atoms with E-state index in [2.05, 4.69) is 4.99 Å². The Morgan fingerprint density at radius 3 is 2.84 bits per heavy atom. The molecule has 3 nitrogen and oxygen atoms in total. The number of aliphatic imine (C=N–C) groups is 1. The molecule has 1 N–H and O–H groups in total. The molecular weight excluding hydrogens is 238 g/mol. The summed E-state index contributed by atoms with van der Waals surface area (Å²) < 4.78 is 5.11. The third-order valence-corrected chi connectivity index (χ3v) is 3.08. The van der Waals surface area contributed by atoms with Crippen LogP contribution in [0.5, 0.6) is 11.5 Å². The van der Waals surface area contributed by atoms with E-state index in [-0.39, 0.29) is 5.75 Å². The Bertz CT molecular complexity index is 687. The van der Waals surface area contributed by atoms with Crippen molar-refractivity contribution in [1.29, 1.82) is 0 Å². The normalized spacial score (nSPS) is 14.7. The van der Waals surface area contributed by atoms with Gasteiger partial charge in [-0.15, -0.1) is 0 Å². The fourth-order valence-electron chi connectivity index (χ4n) is 2.12. The maximum atomic E-state index is 9.58. The average Bonchev–Trinajstić information content (AvgIpc) is 2.84. The van der Waals surface area contributed by atoms with E-state index >= 15 is 0 Å². The lowest BCUT2D eigenvalue weighted by Gasteiger charge is -2.04. The molecule has 0 unspecified atom stereocenters. The number of allylic oxidation sites excluding steroid dienone is 1. The molecule has 94 valence electrons. The van der Waals surface area contributed by atoms with E-state index in [0.29, 0.717) is 5.75 Å². The molecule has 2 aromatic carbocycles. The van der Waals surface area contributed by atoms with Crippen LogP contribution in [0.4, 0.5) is 5.69 Å². The van der Waals surface area contributed by atoms with Crippen LogP contribution in [-0.4, -0.2) is 18.4 Å². The Hall–Kier alpha value is -2.55. The van der Waals surface area contributed by atoms with E-state index in [4.69, 9.17) is 4.74 Å². The van der Waals surface area contributed by atoms with Gasteiger partial charge in [0.1, 0.15) is 0 Å². The van der Waals surface area contributed by atoms with Gasteiger partial charge in [0, 0.05) is 17.4 Å². The number of hydrogen-bond acceptors (Lipinski definition) is 3. The van der Waals surface area contributed by atoms with Gasteiger partial charge in [-0.3, -0.25) is 4.99 Å². The van der Waals surface area contributed by atoms with Crippen LogP contribution in [0.3, 0.4) is 0 Å². The summed E-state index contributed by atoms with van der Waals surface area (Å²) in [7, 11) is 1.54. The Morgan fingerprint density at radius 2 is 2.00 bits per heavy atom. The van der Waals surface area contributed by atoms with Gasteiger partial charge in [0.25, 0.3) is 0 Å². The van der Waals surface area contributed by atoms with Gasteiger partial charge in [-0.25, -0.2) is 0 Å². The quantitative estimate of drug-likeness (QED) is 0.885. The highest BCUT2D eigenvalue weighted by Gasteiger charge is 2.11. The SMILES string of the molecule is COc1cc(/C=C2/C=Nc3ccccc32)ccc1O. The number of para-hydroxylation sites is 1. The fourth-order valence-corrected chi connectivity index (χ4v) is 2.12. The summed E-state index contributed by atoms with van der Waals surface area (Å²) >= 11 is 0. The van der Waals surface area contributed by atoms with Crippen molar-refractivity contribution in [3.8, 4) is 11.5 Å². The van der Waals surface area contributed by atoms with E-state index in [0.717, 1.165) is 22.4 Å². The highest BCUT2D eigenvalue weighted by Crippen LogP contribution is 2.33. The maximum Gasteiger partial charge on any atom is 0.161 e. The third-order valence-electron chi connectivity index (χ3n) is 3.08. The Kier molecular flexibility index (Phi) is 2.80. The minimum absolute atomic E-state index is 0.144. The van der Waals surface area contributed by atoms with Gasteiger partial charge in [0.2, 0.25) is 0 Å². The van der Waals surface area contributed by atoms with E-state index in [1.807, 2.05) is 42.6 Å². The maximum absolute atomic E-state index is 9.58. The van der Waals surface area contributed by atoms with Crippen LogP contribution in [-0.2, 0) is 0 Å². The number of fused-ring (bicyclic) bond motifs is 1. The first-order valence-electron chi connectivity index (χ1n) is 6.00. The molecule has 0 fully saturated rings. The monoisotopic (exact) mass is 251 g/mol. The van der Waals surface area contributed by atoms with Crippen LogP contribution >= 0.6 is 0 Å². The molecule has 2 aromatic rings. The molecule has 1 aliphatic rings. The minimum atomic E-state index is 0.144. The number of ether oxygens (including phenoxy) is 1. The van der Waals surface area contributed by atoms with Gasteiger partial charge >= 0.3 is 0 Å². The lowest BCUT2D eigenvalue weighted by atomic mass is 10.0. The third kappa shape index (κ3) is 2.10. The van der Waals surface area contributed by atoms with E-state index in [1.54, 1.807) is 12.1 Å². The van der Waals surface area contributed by atoms with Crippen LogP contribution in [0, 0.1) is 0 Å². The summed E-state index contributed by atoms with van der Waals surface area (Å²) in [5.41, 5.74) is 4.13. The molecule has 1 aliphatic heterocycles. The molecule has 0 saturated heterocycles. The molecule has 0 bridgehead atoms. The van der Waals surface area contributed by atoms with Crippen molar-refractivity contribution in [2.45, 2.75) is 0 Å². The predicted molar refractivity (Wildman–Crippen MR) is 77.1 cm³/mol. The smallest absolute Gasteiger partial charge is 0.161 e. The zero-order valence-electron chi connectivity index (χ0n) is 10.5. The van der Waals surface area contributed by atoms with Gasteiger partial charge in [-0.1, -0.05) is 24.3 Å². The Morgan fingerprint density at radius 1 is 1.16 bits per heavy atom. The molecule has 0 radical (unpaired) electrons. The number of aromatic hydroxyl groups is 1. The van der Waals surface area contributed by atoms with Crippen LogP contribution in [0.2, 0.25) is 0 Å². The number of phenols is 1. The lowest BCUT2D eigenvalue weighted by Crippen LogP contribution is -1.85. The number of rotatable bonds is 2. The van der Waals surface area contributed by atoms with Crippen molar-refractivity contribution < 1.29 is 9.84 Å². The van der Waals surface area contributed by atoms with E-state index in [9.17, 15) is 5.11 Å². The predicted octanol–water partition coefficient (Wildman–Crippen LogP) is 3.66. The topological polar surface area (TPSA) is 41.8 Å². The Labute approximate surface area is 111 Å². The molecule has 0 aliphatic carbocycles. The Balaban J connectivity index is 2.02. The van der Waals surface area contributed by atoms with Crippen molar-refractivity contribution in [2.75, 3.05) is 7.11 Å². The average molecular weight is 251 g/mol.